The Hall–Kier alpha value is -2.58. The molecule has 98 valence electrons. The fourth-order valence-electron chi connectivity index (χ4n) is 1.02. The van der Waals surface area contributed by atoms with Gasteiger partial charge in [-0.3, -0.25) is 0 Å². The SMILES string of the molecule is NO/C(O)=C\Nc1ccc(N/C=C(/O)ON)cc1. The molecular formula is C10H14N4O4. The Balaban J connectivity index is 2.58. The summed E-state index contributed by atoms with van der Waals surface area (Å²) >= 11 is 0. The molecule has 0 saturated carbocycles. The Morgan fingerprint density at radius 1 is 0.889 bits per heavy atom. The molecule has 0 unspecified atom stereocenters. The first-order valence-corrected chi connectivity index (χ1v) is 4.80. The number of nitrogens with one attached hydrogen (secondary N) is 2. The highest BCUT2D eigenvalue weighted by Gasteiger charge is 1.94. The lowest BCUT2D eigenvalue weighted by molar-refractivity contribution is 0.0939. The van der Waals surface area contributed by atoms with Gasteiger partial charge in [-0.1, -0.05) is 0 Å². The van der Waals surface area contributed by atoms with Crippen molar-refractivity contribution in [3.05, 3.63) is 48.6 Å². The van der Waals surface area contributed by atoms with E-state index < -0.39 is 11.9 Å². The van der Waals surface area contributed by atoms with E-state index >= 15 is 0 Å². The van der Waals surface area contributed by atoms with Gasteiger partial charge in [0, 0.05) is 11.4 Å². The van der Waals surface area contributed by atoms with Crippen molar-refractivity contribution >= 4 is 11.4 Å². The Kier molecular flexibility index (Phi) is 5.16. The third kappa shape index (κ3) is 4.51. The maximum absolute atomic E-state index is 8.92. The van der Waals surface area contributed by atoms with Crippen LogP contribution in [0.15, 0.2) is 48.6 Å². The average Bonchev–Trinajstić information content (AvgIpc) is 2.43. The molecule has 0 atom stereocenters. The van der Waals surface area contributed by atoms with Gasteiger partial charge in [0.25, 0.3) is 0 Å². The fourth-order valence-corrected chi connectivity index (χ4v) is 1.02. The Morgan fingerprint density at radius 2 is 1.22 bits per heavy atom. The standard InChI is InChI=1S/C10H14N4O4/c11-17-9(15)5-13-7-1-2-8(4-3-7)14-6-10(16)18-12/h1-6,13-16H,11-12H2/b9-5-,10-6-. The summed E-state index contributed by atoms with van der Waals surface area (Å²) in [6.45, 7) is 0. The number of aliphatic hydroxyl groups excluding tert-OH is 2. The molecule has 1 aromatic carbocycles. The van der Waals surface area contributed by atoms with Crippen LogP contribution in [0.1, 0.15) is 0 Å². The monoisotopic (exact) mass is 254 g/mol. The third-order valence-electron chi connectivity index (χ3n) is 1.85. The van der Waals surface area contributed by atoms with Crippen LogP contribution >= 0.6 is 0 Å². The maximum atomic E-state index is 8.92. The van der Waals surface area contributed by atoms with Crippen LogP contribution in [0.3, 0.4) is 0 Å². The second-order valence-electron chi connectivity index (χ2n) is 3.07. The zero-order chi connectivity index (χ0) is 13.4. The van der Waals surface area contributed by atoms with E-state index in [0.717, 1.165) is 0 Å². The molecule has 1 rings (SSSR count). The molecular weight excluding hydrogens is 240 g/mol. The van der Waals surface area contributed by atoms with Gasteiger partial charge < -0.3 is 30.5 Å². The topological polar surface area (TPSA) is 135 Å². The highest BCUT2D eigenvalue weighted by atomic mass is 16.7. The largest absolute Gasteiger partial charge is 0.479 e. The Labute approximate surface area is 103 Å². The van der Waals surface area contributed by atoms with Crippen molar-refractivity contribution < 1.29 is 19.9 Å². The molecule has 18 heavy (non-hydrogen) atoms. The highest BCUT2D eigenvalue weighted by Crippen LogP contribution is 2.14. The van der Waals surface area contributed by atoms with Gasteiger partial charge in [0.2, 0.25) is 0 Å². The van der Waals surface area contributed by atoms with Gasteiger partial charge in [-0.15, -0.1) is 0 Å². The van der Waals surface area contributed by atoms with E-state index in [1.807, 2.05) is 0 Å². The predicted molar refractivity (Wildman–Crippen MR) is 65.7 cm³/mol. The minimum atomic E-state index is -0.440. The summed E-state index contributed by atoms with van der Waals surface area (Å²) in [6.07, 6.45) is 2.38. The maximum Gasteiger partial charge on any atom is 0.313 e. The van der Waals surface area contributed by atoms with Crippen LogP contribution in [0.4, 0.5) is 11.4 Å². The van der Waals surface area contributed by atoms with Crippen molar-refractivity contribution in [3.63, 3.8) is 0 Å². The van der Waals surface area contributed by atoms with Crippen molar-refractivity contribution in [3.8, 4) is 0 Å². The quantitative estimate of drug-likeness (QED) is 0.327. The molecule has 0 aliphatic heterocycles. The Bertz CT molecular complexity index is 389. The second kappa shape index (κ2) is 6.89. The molecule has 8 nitrogen and oxygen atoms in total. The van der Waals surface area contributed by atoms with Crippen LogP contribution < -0.4 is 22.4 Å². The number of nitrogens with two attached hydrogens (primary N) is 2. The van der Waals surface area contributed by atoms with E-state index in [-0.39, 0.29) is 0 Å². The summed E-state index contributed by atoms with van der Waals surface area (Å²) in [7, 11) is 0. The summed E-state index contributed by atoms with van der Waals surface area (Å²) in [5.74, 6) is 8.56. The van der Waals surface area contributed by atoms with Crippen LogP contribution in [-0.2, 0) is 9.68 Å². The Morgan fingerprint density at radius 3 is 1.50 bits per heavy atom. The number of anilines is 2. The molecule has 0 spiro atoms. The van der Waals surface area contributed by atoms with Crippen LogP contribution in [0.2, 0.25) is 0 Å². The molecule has 0 aromatic heterocycles. The molecule has 0 bridgehead atoms. The molecule has 0 fully saturated rings. The number of benzene rings is 1. The van der Waals surface area contributed by atoms with E-state index in [1.165, 1.54) is 12.4 Å². The molecule has 0 amide bonds. The van der Waals surface area contributed by atoms with Gasteiger partial charge >= 0.3 is 11.9 Å². The van der Waals surface area contributed by atoms with Crippen LogP contribution in [0.5, 0.6) is 0 Å². The predicted octanol–water partition coefficient (Wildman–Crippen LogP) is 1.00. The first-order chi connectivity index (χ1) is 8.65. The normalized spacial score (nSPS) is 11.9. The highest BCUT2D eigenvalue weighted by molar-refractivity contribution is 5.55. The van der Waals surface area contributed by atoms with Gasteiger partial charge in [-0.05, 0) is 24.3 Å². The van der Waals surface area contributed by atoms with Crippen LogP contribution in [0, 0.1) is 0 Å². The molecule has 0 aliphatic carbocycles. The van der Waals surface area contributed by atoms with E-state index in [4.69, 9.17) is 22.0 Å². The minimum Gasteiger partial charge on any atom is -0.479 e. The molecule has 1 aromatic rings. The summed E-state index contributed by atoms with van der Waals surface area (Å²) in [6, 6.07) is 6.88. The summed E-state index contributed by atoms with van der Waals surface area (Å²) < 4.78 is 0. The van der Waals surface area contributed by atoms with Crippen molar-refractivity contribution in [1.82, 2.24) is 0 Å². The van der Waals surface area contributed by atoms with E-state index in [0.29, 0.717) is 11.4 Å². The van der Waals surface area contributed by atoms with Crippen molar-refractivity contribution in [2.24, 2.45) is 11.8 Å². The van der Waals surface area contributed by atoms with Crippen LogP contribution in [-0.4, -0.2) is 10.2 Å². The molecule has 8 N–H and O–H groups in total. The van der Waals surface area contributed by atoms with Gasteiger partial charge in [0.1, 0.15) is 0 Å². The summed E-state index contributed by atoms with van der Waals surface area (Å²) in [4.78, 5) is 8.11. The van der Waals surface area contributed by atoms with Crippen LogP contribution in [0.25, 0.3) is 0 Å². The van der Waals surface area contributed by atoms with Gasteiger partial charge in [0.15, 0.2) is 0 Å². The van der Waals surface area contributed by atoms with E-state index in [9.17, 15) is 0 Å². The van der Waals surface area contributed by atoms with E-state index in [2.05, 4.69) is 20.3 Å². The number of rotatable bonds is 6. The molecule has 0 aliphatic rings. The number of aliphatic hydroxyl groups is 2. The fraction of sp³-hybridized carbons (Fsp3) is 0. The van der Waals surface area contributed by atoms with E-state index in [1.54, 1.807) is 24.3 Å². The lowest BCUT2D eigenvalue weighted by Gasteiger charge is -2.04. The third-order valence-corrected chi connectivity index (χ3v) is 1.85. The van der Waals surface area contributed by atoms with Crippen molar-refractivity contribution in [2.45, 2.75) is 0 Å². The van der Waals surface area contributed by atoms with Gasteiger partial charge in [-0.25, -0.2) is 0 Å². The van der Waals surface area contributed by atoms with Gasteiger partial charge in [-0.2, -0.15) is 11.8 Å². The van der Waals surface area contributed by atoms with Crippen molar-refractivity contribution in [1.29, 1.82) is 0 Å². The molecule has 0 heterocycles. The first kappa shape index (κ1) is 13.5. The lowest BCUT2D eigenvalue weighted by atomic mass is 10.3. The number of hydrogen-bond acceptors (Lipinski definition) is 8. The first-order valence-electron chi connectivity index (χ1n) is 4.80. The second-order valence-corrected chi connectivity index (χ2v) is 3.07. The lowest BCUT2D eigenvalue weighted by Crippen LogP contribution is -2.01. The number of hydrogen-bond donors (Lipinski definition) is 6. The van der Waals surface area contributed by atoms with Gasteiger partial charge in [0.05, 0.1) is 12.4 Å². The zero-order valence-corrected chi connectivity index (χ0v) is 9.33. The summed E-state index contributed by atoms with van der Waals surface area (Å²) in [5, 5.41) is 23.3. The summed E-state index contributed by atoms with van der Waals surface area (Å²) in [5.41, 5.74) is 1.40. The van der Waals surface area contributed by atoms with Crippen molar-refractivity contribution in [2.75, 3.05) is 10.6 Å². The molecule has 0 radical (unpaired) electrons. The minimum absolute atomic E-state index is 0.440. The average molecular weight is 254 g/mol. The smallest absolute Gasteiger partial charge is 0.313 e. The zero-order valence-electron chi connectivity index (χ0n) is 9.33. The molecule has 8 heteroatoms. The molecule has 0 saturated heterocycles.